The lowest BCUT2D eigenvalue weighted by atomic mass is 10.2. The maximum Gasteiger partial charge on any atom is 0.358 e. The van der Waals surface area contributed by atoms with E-state index < -0.39 is 18.0 Å². The van der Waals surface area contributed by atoms with Crippen molar-refractivity contribution in [2.75, 3.05) is 0 Å². The van der Waals surface area contributed by atoms with Crippen LogP contribution in [0.15, 0.2) is 30.3 Å². The van der Waals surface area contributed by atoms with Crippen LogP contribution in [0.2, 0.25) is 0 Å². The summed E-state index contributed by atoms with van der Waals surface area (Å²) >= 11 is 0. The number of benzene rings is 1. The second kappa shape index (κ2) is 7.41. The maximum absolute atomic E-state index is 11.3. The van der Waals surface area contributed by atoms with Crippen LogP contribution in [0, 0.1) is 0 Å². The second-order valence-electron chi connectivity index (χ2n) is 3.69. The first-order valence-corrected chi connectivity index (χ1v) is 5.44. The highest BCUT2D eigenvalue weighted by atomic mass is 17.2. The number of nitrogens with two attached hydrogens (primary N) is 1. The molecule has 0 aliphatic heterocycles. The fourth-order valence-electron chi connectivity index (χ4n) is 1.19. The topological polar surface area (TPSA) is 98.9 Å². The highest BCUT2D eigenvalue weighted by Gasteiger charge is 2.17. The van der Waals surface area contributed by atoms with Gasteiger partial charge in [0.15, 0.2) is 0 Å². The number of carbonyl (C=O) groups is 2. The highest BCUT2D eigenvalue weighted by molar-refractivity contribution is 5.76. The van der Waals surface area contributed by atoms with Crippen molar-refractivity contribution in [1.82, 2.24) is 0 Å². The van der Waals surface area contributed by atoms with Crippen LogP contribution in [0.25, 0.3) is 0 Å². The first kappa shape index (κ1) is 14.1. The molecule has 0 bridgehead atoms. The first-order valence-electron chi connectivity index (χ1n) is 5.44. The largest absolute Gasteiger partial charge is 0.481 e. The SMILES string of the molecule is N[C@@H](CCC(=O)O)C(=O)OOCc1ccccc1. The van der Waals surface area contributed by atoms with Gasteiger partial charge in [0.05, 0.1) is 0 Å². The molecule has 0 fully saturated rings. The lowest BCUT2D eigenvalue weighted by molar-refractivity contribution is -0.281. The standard InChI is InChI=1S/C12H15NO5/c13-10(6-7-11(14)15)12(16)18-17-8-9-4-2-1-3-5-9/h1-5,10H,6-8,13H2,(H,14,15)/t10-/m0/s1. The van der Waals surface area contributed by atoms with Gasteiger partial charge >= 0.3 is 11.9 Å². The Morgan fingerprint density at radius 2 is 1.94 bits per heavy atom. The molecule has 0 amide bonds. The predicted octanol–water partition coefficient (Wildman–Crippen LogP) is 0.853. The Hall–Kier alpha value is -1.92. The molecule has 0 aliphatic rings. The Morgan fingerprint density at radius 1 is 1.28 bits per heavy atom. The maximum atomic E-state index is 11.3. The summed E-state index contributed by atoms with van der Waals surface area (Å²) in [6.45, 7) is 0.123. The molecule has 1 aromatic carbocycles. The van der Waals surface area contributed by atoms with Gasteiger partial charge in [0, 0.05) is 6.42 Å². The van der Waals surface area contributed by atoms with Gasteiger partial charge in [0.1, 0.15) is 12.6 Å². The van der Waals surface area contributed by atoms with Crippen molar-refractivity contribution in [2.45, 2.75) is 25.5 Å². The summed E-state index contributed by atoms with van der Waals surface area (Å²) in [6.07, 6.45) is -0.169. The minimum absolute atomic E-state index is 0.0167. The molecular formula is C12H15NO5. The molecule has 0 aliphatic carbocycles. The average Bonchev–Trinajstić information content (AvgIpc) is 2.37. The molecule has 18 heavy (non-hydrogen) atoms. The zero-order valence-electron chi connectivity index (χ0n) is 9.74. The molecule has 0 radical (unpaired) electrons. The third-order valence-corrected chi connectivity index (χ3v) is 2.18. The molecule has 1 atom stereocenters. The number of carboxylic acid groups (broad SMARTS) is 1. The highest BCUT2D eigenvalue weighted by Crippen LogP contribution is 2.03. The fourth-order valence-corrected chi connectivity index (χ4v) is 1.19. The van der Waals surface area contributed by atoms with Crippen molar-refractivity contribution in [3.05, 3.63) is 35.9 Å². The molecule has 0 saturated carbocycles. The molecule has 6 heteroatoms. The zero-order valence-corrected chi connectivity index (χ0v) is 9.74. The van der Waals surface area contributed by atoms with E-state index in [1.807, 2.05) is 30.3 Å². The quantitative estimate of drug-likeness (QED) is 0.552. The van der Waals surface area contributed by atoms with E-state index in [1.54, 1.807) is 0 Å². The smallest absolute Gasteiger partial charge is 0.358 e. The summed E-state index contributed by atoms with van der Waals surface area (Å²) in [5, 5.41) is 8.43. The number of carbonyl (C=O) groups excluding carboxylic acids is 1. The van der Waals surface area contributed by atoms with Crippen molar-refractivity contribution in [1.29, 1.82) is 0 Å². The Labute approximate surface area is 104 Å². The van der Waals surface area contributed by atoms with Gasteiger partial charge < -0.3 is 10.8 Å². The van der Waals surface area contributed by atoms with Gasteiger partial charge in [-0.05, 0) is 12.0 Å². The molecule has 0 heterocycles. The number of rotatable bonds is 7. The van der Waals surface area contributed by atoms with Crippen LogP contribution in [-0.2, 0) is 26.0 Å². The van der Waals surface area contributed by atoms with Crippen LogP contribution < -0.4 is 5.73 Å². The lowest BCUT2D eigenvalue weighted by Crippen LogP contribution is -2.32. The van der Waals surface area contributed by atoms with E-state index in [0.29, 0.717) is 0 Å². The third kappa shape index (κ3) is 5.42. The molecule has 0 spiro atoms. The molecule has 1 rings (SSSR count). The van der Waals surface area contributed by atoms with Crippen LogP contribution in [0.5, 0.6) is 0 Å². The van der Waals surface area contributed by atoms with E-state index in [4.69, 9.17) is 15.7 Å². The van der Waals surface area contributed by atoms with Crippen LogP contribution in [0.4, 0.5) is 0 Å². The van der Waals surface area contributed by atoms with Crippen molar-refractivity contribution in [3.8, 4) is 0 Å². The Bertz CT molecular complexity index is 393. The Kier molecular flexibility index (Phi) is 5.83. The minimum Gasteiger partial charge on any atom is -0.481 e. The summed E-state index contributed by atoms with van der Waals surface area (Å²) in [7, 11) is 0. The molecule has 3 N–H and O–H groups in total. The molecule has 98 valence electrons. The van der Waals surface area contributed by atoms with Gasteiger partial charge in [-0.25, -0.2) is 4.79 Å². The van der Waals surface area contributed by atoms with E-state index in [9.17, 15) is 9.59 Å². The summed E-state index contributed by atoms with van der Waals surface area (Å²) in [6, 6.07) is 8.17. The van der Waals surface area contributed by atoms with E-state index in [0.717, 1.165) is 5.56 Å². The monoisotopic (exact) mass is 253 g/mol. The van der Waals surface area contributed by atoms with Crippen molar-refractivity contribution in [3.63, 3.8) is 0 Å². The summed E-state index contributed by atoms with van der Waals surface area (Å²) in [4.78, 5) is 30.8. The molecule has 0 aromatic heterocycles. The third-order valence-electron chi connectivity index (χ3n) is 2.18. The van der Waals surface area contributed by atoms with E-state index in [1.165, 1.54) is 0 Å². The molecule has 0 unspecified atom stereocenters. The first-order chi connectivity index (χ1) is 8.59. The number of hydrogen-bond donors (Lipinski definition) is 2. The molecule has 0 saturated heterocycles. The summed E-state index contributed by atoms with van der Waals surface area (Å²) in [5.74, 6) is -1.78. The van der Waals surface area contributed by atoms with E-state index in [-0.39, 0.29) is 19.4 Å². The number of carboxylic acids is 1. The van der Waals surface area contributed by atoms with Crippen LogP contribution >= 0.6 is 0 Å². The molecule has 6 nitrogen and oxygen atoms in total. The van der Waals surface area contributed by atoms with E-state index >= 15 is 0 Å². The normalized spacial score (nSPS) is 11.8. The van der Waals surface area contributed by atoms with E-state index in [2.05, 4.69) is 4.89 Å². The molecule has 1 aromatic rings. The van der Waals surface area contributed by atoms with Crippen molar-refractivity contribution >= 4 is 11.9 Å². The van der Waals surface area contributed by atoms with Gasteiger partial charge in [-0.1, -0.05) is 30.3 Å². The zero-order chi connectivity index (χ0) is 13.4. The summed E-state index contributed by atoms with van der Waals surface area (Å²) in [5.41, 5.74) is 6.28. The number of hydrogen-bond acceptors (Lipinski definition) is 5. The fraction of sp³-hybridized carbons (Fsp3) is 0.333. The van der Waals surface area contributed by atoms with Gasteiger partial charge in [-0.15, -0.1) is 0 Å². The molecular weight excluding hydrogens is 238 g/mol. The van der Waals surface area contributed by atoms with Gasteiger partial charge in [-0.2, -0.15) is 4.89 Å². The number of aliphatic carboxylic acids is 1. The summed E-state index contributed by atoms with van der Waals surface area (Å²) < 4.78 is 0. The average molecular weight is 253 g/mol. The van der Waals surface area contributed by atoms with Crippen molar-refractivity contribution < 1.29 is 24.5 Å². The Balaban J connectivity index is 2.22. The minimum atomic E-state index is -1.01. The van der Waals surface area contributed by atoms with Crippen molar-refractivity contribution in [2.24, 2.45) is 5.73 Å². The Morgan fingerprint density at radius 3 is 2.56 bits per heavy atom. The van der Waals surface area contributed by atoms with Gasteiger partial charge in [0.2, 0.25) is 0 Å². The predicted molar refractivity (Wildman–Crippen MR) is 62.2 cm³/mol. The lowest BCUT2D eigenvalue weighted by Gasteiger charge is -2.08. The van der Waals surface area contributed by atoms with Gasteiger partial charge in [-0.3, -0.25) is 9.68 Å². The van der Waals surface area contributed by atoms with Crippen LogP contribution in [-0.4, -0.2) is 23.1 Å². The van der Waals surface area contributed by atoms with Gasteiger partial charge in [0.25, 0.3) is 0 Å². The van der Waals surface area contributed by atoms with Crippen LogP contribution in [0.1, 0.15) is 18.4 Å². The van der Waals surface area contributed by atoms with Crippen LogP contribution in [0.3, 0.4) is 0 Å². The second-order valence-corrected chi connectivity index (χ2v) is 3.69.